The van der Waals surface area contributed by atoms with E-state index in [1.54, 1.807) is 31.2 Å². The van der Waals surface area contributed by atoms with Gasteiger partial charge in [-0.3, -0.25) is 13.9 Å². The van der Waals surface area contributed by atoms with E-state index in [0.717, 1.165) is 21.0 Å². The predicted octanol–water partition coefficient (Wildman–Crippen LogP) is 5.35. The first-order chi connectivity index (χ1) is 19.3. The Morgan fingerprint density at radius 2 is 1.63 bits per heavy atom. The molecule has 0 saturated heterocycles. The highest BCUT2D eigenvalue weighted by Crippen LogP contribution is 2.35. The number of nitrogens with one attached hydrogen (secondary N) is 1. The molecule has 10 heteroatoms. The van der Waals surface area contributed by atoms with Gasteiger partial charge in [-0.15, -0.1) is 0 Å². The molecule has 3 rings (SSSR count). The number of carbonyl (C=O) groups is 2. The Morgan fingerprint density at radius 1 is 0.976 bits per heavy atom. The molecule has 3 aromatic carbocycles. The lowest BCUT2D eigenvalue weighted by molar-refractivity contribution is -0.139. The summed E-state index contributed by atoms with van der Waals surface area (Å²) in [4.78, 5) is 28.7. The number of anilines is 1. The van der Waals surface area contributed by atoms with Crippen LogP contribution in [-0.2, 0) is 26.2 Å². The molecule has 0 aliphatic carbocycles. The van der Waals surface area contributed by atoms with Crippen LogP contribution in [0, 0.1) is 19.8 Å². The molecule has 0 bridgehead atoms. The third kappa shape index (κ3) is 8.01. The number of benzene rings is 3. The van der Waals surface area contributed by atoms with Crippen LogP contribution in [0.25, 0.3) is 0 Å². The lowest BCUT2D eigenvalue weighted by atomic mass is 10.1. The average molecular weight is 600 g/mol. The van der Waals surface area contributed by atoms with Gasteiger partial charge in [-0.05, 0) is 68.1 Å². The highest BCUT2D eigenvalue weighted by atomic mass is 35.5. The highest BCUT2D eigenvalue weighted by molar-refractivity contribution is 7.92. The zero-order valence-corrected chi connectivity index (χ0v) is 25.9. The minimum absolute atomic E-state index is 0.00565. The van der Waals surface area contributed by atoms with Crippen LogP contribution >= 0.6 is 11.6 Å². The van der Waals surface area contributed by atoms with Gasteiger partial charge in [0.1, 0.15) is 18.3 Å². The van der Waals surface area contributed by atoms with Crippen LogP contribution in [0.4, 0.5) is 5.69 Å². The minimum Gasteiger partial charge on any atom is -0.495 e. The summed E-state index contributed by atoms with van der Waals surface area (Å²) in [5.74, 6) is -0.435. The molecule has 0 fully saturated rings. The fourth-order valence-electron chi connectivity index (χ4n) is 4.21. The minimum atomic E-state index is -4.25. The monoisotopic (exact) mass is 599 g/mol. The summed E-state index contributed by atoms with van der Waals surface area (Å²) in [5.41, 5.74) is 2.79. The number of hydrogen-bond acceptors (Lipinski definition) is 5. The normalized spacial score (nSPS) is 12.1. The molecule has 1 atom stereocenters. The molecule has 220 valence electrons. The summed E-state index contributed by atoms with van der Waals surface area (Å²) in [6.07, 6.45) is 0. The van der Waals surface area contributed by atoms with Crippen molar-refractivity contribution in [2.24, 2.45) is 5.92 Å². The van der Waals surface area contributed by atoms with Crippen molar-refractivity contribution in [3.8, 4) is 5.75 Å². The summed E-state index contributed by atoms with van der Waals surface area (Å²) in [5, 5.41) is 3.16. The number of ether oxygens (including phenoxy) is 1. The smallest absolute Gasteiger partial charge is 0.264 e. The van der Waals surface area contributed by atoms with Gasteiger partial charge in [0.15, 0.2) is 0 Å². The fraction of sp³-hybridized carbons (Fsp3) is 0.355. The molecule has 1 N–H and O–H groups in total. The van der Waals surface area contributed by atoms with Gasteiger partial charge in [0.25, 0.3) is 10.0 Å². The molecular formula is C31H38ClN3O5S. The van der Waals surface area contributed by atoms with Crippen LogP contribution in [0.15, 0.2) is 71.6 Å². The number of aryl methyl sites for hydroxylation is 2. The molecule has 41 heavy (non-hydrogen) atoms. The second kappa shape index (κ2) is 13.9. The number of rotatable bonds is 12. The van der Waals surface area contributed by atoms with Crippen molar-refractivity contribution in [1.82, 2.24) is 10.2 Å². The average Bonchev–Trinajstić information content (AvgIpc) is 2.93. The van der Waals surface area contributed by atoms with E-state index < -0.39 is 28.5 Å². The molecule has 0 saturated carbocycles. The standard InChI is InChI=1S/C31H38ClN3O5S/c1-21(2)18-33-31(37)24(5)34(19-25-10-8-7-9-23(25)4)30(36)20-35(28-17-26(32)13-16-29(28)40-6)41(38,39)27-14-11-22(3)12-15-27/h7-17,21,24H,18-20H2,1-6H3,(H,33,37). The van der Waals surface area contributed by atoms with Gasteiger partial charge in [0, 0.05) is 18.1 Å². The van der Waals surface area contributed by atoms with E-state index in [-0.39, 0.29) is 39.7 Å². The molecule has 0 heterocycles. The number of methoxy groups -OCH3 is 1. The van der Waals surface area contributed by atoms with Crippen LogP contribution in [0.2, 0.25) is 5.02 Å². The Kier molecular flexibility index (Phi) is 10.8. The fourth-order valence-corrected chi connectivity index (χ4v) is 5.80. The van der Waals surface area contributed by atoms with E-state index >= 15 is 0 Å². The lowest BCUT2D eigenvalue weighted by Gasteiger charge is -2.32. The zero-order valence-electron chi connectivity index (χ0n) is 24.3. The lowest BCUT2D eigenvalue weighted by Crippen LogP contribution is -2.51. The number of sulfonamides is 1. The Labute approximate surface area is 248 Å². The summed E-state index contributed by atoms with van der Waals surface area (Å²) in [6.45, 7) is 9.36. The topological polar surface area (TPSA) is 96.0 Å². The summed E-state index contributed by atoms with van der Waals surface area (Å²) >= 11 is 6.29. The summed E-state index contributed by atoms with van der Waals surface area (Å²) in [6, 6.07) is 17.6. The van der Waals surface area contributed by atoms with Gasteiger partial charge in [0.2, 0.25) is 11.8 Å². The van der Waals surface area contributed by atoms with Crippen molar-refractivity contribution < 1.29 is 22.7 Å². The Hall–Kier alpha value is -3.56. The quantitative estimate of drug-likeness (QED) is 0.303. The van der Waals surface area contributed by atoms with Crippen LogP contribution in [0.3, 0.4) is 0 Å². The van der Waals surface area contributed by atoms with E-state index in [9.17, 15) is 18.0 Å². The highest BCUT2D eigenvalue weighted by Gasteiger charge is 2.34. The molecule has 0 aliphatic heterocycles. The van der Waals surface area contributed by atoms with Gasteiger partial charge in [-0.25, -0.2) is 8.42 Å². The third-order valence-electron chi connectivity index (χ3n) is 6.75. The first-order valence-corrected chi connectivity index (χ1v) is 15.2. The molecule has 3 aromatic rings. The summed E-state index contributed by atoms with van der Waals surface area (Å²) in [7, 11) is -2.84. The van der Waals surface area contributed by atoms with E-state index in [4.69, 9.17) is 16.3 Å². The number of amides is 2. The van der Waals surface area contributed by atoms with Crippen molar-refractivity contribution in [3.63, 3.8) is 0 Å². The van der Waals surface area contributed by atoms with Gasteiger partial charge >= 0.3 is 0 Å². The summed E-state index contributed by atoms with van der Waals surface area (Å²) < 4.78 is 34.6. The molecule has 2 amide bonds. The van der Waals surface area contributed by atoms with Gasteiger partial charge in [-0.2, -0.15) is 0 Å². The molecule has 0 spiro atoms. The van der Waals surface area contributed by atoms with Crippen LogP contribution in [-0.4, -0.2) is 51.4 Å². The first kappa shape index (κ1) is 32.0. The van der Waals surface area contributed by atoms with E-state index in [0.29, 0.717) is 6.54 Å². The van der Waals surface area contributed by atoms with Crippen LogP contribution in [0.1, 0.15) is 37.5 Å². The van der Waals surface area contributed by atoms with Crippen molar-refractivity contribution in [2.75, 3.05) is 24.5 Å². The second-order valence-electron chi connectivity index (χ2n) is 10.4. The van der Waals surface area contributed by atoms with E-state index in [1.165, 1.54) is 30.2 Å². The maximum absolute atomic E-state index is 14.1. The third-order valence-corrected chi connectivity index (χ3v) is 8.76. The van der Waals surface area contributed by atoms with Crippen molar-refractivity contribution in [3.05, 3.63) is 88.4 Å². The Morgan fingerprint density at radius 3 is 2.24 bits per heavy atom. The molecule has 0 aliphatic rings. The first-order valence-electron chi connectivity index (χ1n) is 13.4. The predicted molar refractivity (Wildman–Crippen MR) is 163 cm³/mol. The largest absolute Gasteiger partial charge is 0.495 e. The van der Waals surface area contributed by atoms with Crippen molar-refractivity contribution >= 4 is 39.1 Å². The van der Waals surface area contributed by atoms with Crippen molar-refractivity contribution in [1.29, 1.82) is 0 Å². The molecule has 0 radical (unpaired) electrons. The van der Waals surface area contributed by atoms with E-state index in [1.807, 2.05) is 52.0 Å². The van der Waals surface area contributed by atoms with Crippen LogP contribution < -0.4 is 14.4 Å². The Bertz CT molecular complexity index is 1480. The number of nitrogens with zero attached hydrogens (tertiary/aromatic N) is 2. The molecular weight excluding hydrogens is 562 g/mol. The number of hydrogen-bond donors (Lipinski definition) is 1. The number of carbonyl (C=O) groups excluding carboxylic acids is 2. The molecule has 8 nitrogen and oxygen atoms in total. The molecule has 1 unspecified atom stereocenters. The zero-order chi connectivity index (χ0) is 30.3. The maximum Gasteiger partial charge on any atom is 0.264 e. The molecule has 0 aromatic heterocycles. The van der Waals surface area contributed by atoms with Gasteiger partial charge < -0.3 is 15.0 Å². The maximum atomic E-state index is 14.1. The number of halogens is 1. The second-order valence-corrected chi connectivity index (χ2v) is 12.7. The van der Waals surface area contributed by atoms with Crippen LogP contribution in [0.5, 0.6) is 5.75 Å². The van der Waals surface area contributed by atoms with Gasteiger partial charge in [-0.1, -0.05) is 67.4 Å². The SMILES string of the molecule is COc1ccc(Cl)cc1N(CC(=O)N(Cc1ccccc1C)C(C)C(=O)NCC(C)C)S(=O)(=O)c1ccc(C)cc1. The van der Waals surface area contributed by atoms with Gasteiger partial charge in [0.05, 0.1) is 17.7 Å². The Balaban J connectivity index is 2.09. The van der Waals surface area contributed by atoms with Crippen molar-refractivity contribution in [2.45, 2.75) is 52.1 Å². The van der Waals surface area contributed by atoms with E-state index in [2.05, 4.69) is 5.32 Å².